The quantitative estimate of drug-likeness (QED) is 0.592. The molecule has 0 amide bonds. The number of aromatic nitrogens is 3. The van der Waals surface area contributed by atoms with Gasteiger partial charge in [0, 0.05) is 5.69 Å². The molecular weight excluding hydrogens is 357 g/mol. The van der Waals surface area contributed by atoms with Gasteiger partial charge in [-0.3, -0.25) is 0 Å². The van der Waals surface area contributed by atoms with E-state index in [1.807, 2.05) is 18.2 Å². The van der Waals surface area contributed by atoms with Crippen molar-refractivity contribution in [1.29, 1.82) is 0 Å². The van der Waals surface area contributed by atoms with Crippen molar-refractivity contribution in [3.63, 3.8) is 0 Å². The maximum Gasteiger partial charge on any atom is 0.249 e. The van der Waals surface area contributed by atoms with Gasteiger partial charge < -0.3 is 10.6 Å². The highest BCUT2D eigenvalue weighted by Gasteiger charge is 2.07. The predicted octanol–water partition coefficient (Wildman–Crippen LogP) is 5.79. The molecule has 2 N–H and O–H groups in total. The minimum absolute atomic E-state index is 0.389. The number of nitrogens with one attached hydrogen (secondary N) is 2. The summed E-state index contributed by atoms with van der Waals surface area (Å²) in [7, 11) is 0. The molecule has 0 radical (unpaired) electrons. The first-order valence-corrected chi connectivity index (χ1v) is 8.56. The number of rotatable bonds is 5. The van der Waals surface area contributed by atoms with Gasteiger partial charge in [-0.1, -0.05) is 55.2 Å². The van der Waals surface area contributed by atoms with E-state index in [0.717, 1.165) is 5.69 Å². The largest absolute Gasteiger partial charge is 0.338 e. The molecule has 0 aliphatic heterocycles. The van der Waals surface area contributed by atoms with E-state index < -0.39 is 0 Å². The summed E-state index contributed by atoms with van der Waals surface area (Å²) in [4.78, 5) is 4.39. The second kappa shape index (κ2) is 7.68. The Balaban J connectivity index is 1.76. The number of hydrogen-bond donors (Lipinski definition) is 2. The Bertz CT molecular complexity index is 866. The van der Waals surface area contributed by atoms with Gasteiger partial charge >= 0.3 is 0 Å². The minimum Gasteiger partial charge on any atom is -0.338 e. The van der Waals surface area contributed by atoms with Crippen LogP contribution in [0.2, 0.25) is 10.0 Å². The monoisotopic (exact) mass is 373 g/mol. The molecule has 0 bridgehead atoms. The highest BCUT2D eigenvalue weighted by atomic mass is 35.5. The normalized spacial score (nSPS) is 10.8. The average Bonchev–Trinajstić information content (AvgIpc) is 2.60. The summed E-state index contributed by atoms with van der Waals surface area (Å²) in [6.07, 6.45) is 1.52. The van der Waals surface area contributed by atoms with Crippen LogP contribution in [0.3, 0.4) is 0 Å². The van der Waals surface area contributed by atoms with Crippen LogP contribution >= 0.6 is 23.2 Å². The second-order valence-corrected chi connectivity index (χ2v) is 6.58. The van der Waals surface area contributed by atoms with Gasteiger partial charge in [-0.05, 0) is 35.7 Å². The molecule has 3 rings (SSSR count). The van der Waals surface area contributed by atoms with Gasteiger partial charge in [-0.15, -0.1) is 5.10 Å². The SMILES string of the molecule is CC(C)c1ccc(Nc2nncc(Nc3cccc(Cl)c3Cl)n2)cc1. The maximum absolute atomic E-state index is 6.18. The molecule has 128 valence electrons. The van der Waals surface area contributed by atoms with Crippen molar-refractivity contribution in [2.24, 2.45) is 0 Å². The Morgan fingerprint density at radius 1 is 0.960 bits per heavy atom. The third-order valence-electron chi connectivity index (χ3n) is 3.61. The van der Waals surface area contributed by atoms with Crippen molar-refractivity contribution >= 4 is 46.3 Å². The van der Waals surface area contributed by atoms with Crippen LogP contribution in [0.15, 0.2) is 48.7 Å². The Kier molecular flexibility index (Phi) is 5.36. The Labute approximate surface area is 156 Å². The highest BCUT2D eigenvalue weighted by Crippen LogP contribution is 2.31. The molecule has 7 heteroatoms. The molecule has 1 heterocycles. The van der Waals surface area contributed by atoms with E-state index in [1.165, 1.54) is 11.8 Å². The van der Waals surface area contributed by atoms with Crippen LogP contribution in [0.1, 0.15) is 25.3 Å². The van der Waals surface area contributed by atoms with E-state index in [4.69, 9.17) is 23.2 Å². The van der Waals surface area contributed by atoms with Crippen LogP contribution < -0.4 is 10.6 Å². The lowest BCUT2D eigenvalue weighted by molar-refractivity contribution is 0.867. The highest BCUT2D eigenvalue weighted by molar-refractivity contribution is 6.43. The van der Waals surface area contributed by atoms with Crippen molar-refractivity contribution in [2.45, 2.75) is 19.8 Å². The number of hydrogen-bond acceptors (Lipinski definition) is 5. The molecule has 0 fully saturated rings. The summed E-state index contributed by atoms with van der Waals surface area (Å²) in [5, 5.41) is 15.1. The van der Waals surface area contributed by atoms with E-state index in [2.05, 4.69) is 51.8 Å². The van der Waals surface area contributed by atoms with Gasteiger partial charge in [0.25, 0.3) is 0 Å². The third kappa shape index (κ3) is 4.38. The third-order valence-corrected chi connectivity index (χ3v) is 4.43. The van der Waals surface area contributed by atoms with E-state index in [1.54, 1.807) is 12.1 Å². The van der Waals surface area contributed by atoms with E-state index in [-0.39, 0.29) is 0 Å². The van der Waals surface area contributed by atoms with Crippen LogP contribution in [0.4, 0.5) is 23.1 Å². The maximum atomic E-state index is 6.18. The molecule has 25 heavy (non-hydrogen) atoms. The van der Waals surface area contributed by atoms with Gasteiger partial charge in [-0.25, -0.2) is 0 Å². The van der Waals surface area contributed by atoms with E-state index in [9.17, 15) is 0 Å². The topological polar surface area (TPSA) is 62.7 Å². The molecule has 3 aromatic rings. The van der Waals surface area contributed by atoms with Gasteiger partial charge in [-0.2, -0.15) is 10.1 Å². The first-order chi connectivity index (χ1) is 12.0. The molecule has 0 aliphatic carbocycles. The first kappa shape index (κ1) is 17.5. The number of nitrogens with zero attached hydrogens (tertiary/aromatic N) is 3. The molecular formula is C18H17Cl2N5. The van der Waals surface area contributed by atoms with Crippen molar-refractivity contribution in [1.82, 2.24) is 15.2 Å². The van der Waals surface area contributed by atoms with Crippen LogP contribution in [-0.2, 0) is 0 Å². The smallest absolute Gasteiger partial charge is 0.249 e. The zero-order valence-corrected chi connectivity index (χ0v) is 15.3. The van der Waals surface area contributed by atoms with Gasteiger partial charge in [0.15, 0.2) is 5.82 Å². The summed E-state index contributed by atoms with van der Waals surface area (Å²) in [5.74, 6) is 1.39. The van der Waals surface area contributed by atoms with Crippen molar-refractivity contribution in [3.8, 4) is 0 Å². The molecule has 0 saturated heterocycles. The van der Waals surface area contributed by atoms with Crippen LogP contribution in [0, 0.1) is 0 Å². The van der Waals surface area contributed by atoms with Crippen LogP contribution in [-0.4, -0.2) is 15.2 Å². The summed E-state index contributed by atoms with van der Waals surface area (Å²) in [5.41, 5.74) is 2.82. The molecule has 2 aromatic carbocycles. The van der Waals surface area contributed by atoms with Crippen molar-refractivity contribution in [3.05, 3.63) is 64.3 Å². The number of benzene rings is 2. The van der Waals surface area contributed by atoms with E-state index in [0.29, 0.717) is 33.4 Å². The van der Waals surface area contributed by atoms with Crippen molar-refractivity contribution in [2.75, 3.05) is 10.6 Å². The average molecular weight is 374 g/mol. The fraction of sp³-hybridized carbons (Fsp3) is 0.167. The molecule has 0 atom stereocenters. The fourth-order valence-electron chi connectivity index (χ4n) is 2.24. The first-order valence-electron chi connectivity index (χ1n) is 7.80. The summed E-state index contributed by atoms with van der Waals surface area (Å²) >= 11 is 12.2. The second-order valence-electron chi connectivity index (χ2n) is 5.79. The summed E-state index contributed by atoms with van der Waals surface area (Å²) < 4.78 is 0. The minimum atomic E-state index is 0.389. The Hall–Kier alpha value is -2.37. The molecule has 1 aromatic heterocycles. The summed E-state index contributed by atoms with van der Waals surface area (Å²) in [6, 6.07) is 13.5. The number of halogens is 2. The lowest BCUT2D eigenvalue weighted by atomic mass is 10.0. The standard InChI is InChI=1S/C18H17Cl2N5/c1-11(2)12-6-8-13(9-7-12)22-18-24-16(10-21-25-18)23-15-5-3-4-14(19)17(15)20/h3-11H,1-2H3,(H2,22,23,24,25). The fourth-order valence-corrected chi connectivity index (χ4v) is 2.58. The molecule has 0 spiro atoms. The predicted molar refractivity (Wildman–Crippen MR) is 103 cm³/mol. The summed E-state index contributed by atoms with van der Waals surface area (Å²) in [6.45, 7) is 4.32. The van der Waals surface area contributed by atoms with Gasteiger partial charge in [0.1, 0.15) is 0 Å². The lowest BCUT2D eigenvalue weighted by Gasteiger charge is -2.10. The lowest BCUT2D eigenvalue weighted by Crippen LogP contribution is -2.02. The number of anilines is 4. The van der Waals surface area contributed by atoms with Crippen LogP contribution in [0.25, 0.3) is 0 Å². The molecule has 0 aliphatic rings. The molecule has 0 unspecified atom stereocenters. The van der Waals surface area contributed by atoms with Gasteiger partial charge in [0.05, 0.1) is 21.9 Å². The zero-order chi connectivity index (χ0) is 17.8. The molecule has 0 saturated carbocycles. The Morgan fingerprint density at radius 2 is 1.72 bits per heavy atom. The Morgan fingerprint density at radius 3 is 2.44 bits per heavy atom. The zero-order valence-electron chi connectivity index (χ0n) is 13.8. The van der Waals surface area contributed by atoms with Gasteiger partial charge in [0.2, 0.25) is 5.95 Å². The van der Waals surface area contributed by atoms with Crippen molar-refractivity contribution < 1.29 is 0 Å². The van der Waals surface area contributed by atoms with E-state index >= 15 is 0 Å². The molecule has 5 nitrogen and oxygen atoms in total. The van der Waals surface area contributed by atoms with Crippen LogP contribution in [0.5, 0.6) is 0 Å².